The van der Waals surface area contributed by atoms with E-state index >= 15 is 0 Å². The van der Waals surface area contributed by atoms with Crippen LogP contribution in [0, 0.1) is 0 Å². The molecule has 3 aromatic rings. The zero-order chi connectivity index (χ0) is 18.4. The number of carbonyl (C=O) groups is 1. The zero-order valence-electron chi connectivity index (χ0n) is 15.3. The number of rotatable bonds is 2. The fraction of sp³-hybridized carbons (Fsp3) is 0.217. The maximum Gasteiger partial charge on any atom is 0.259 e. The molecular weight excluding hydrogens is 334 g/mol. The summed E-state index contributed by atoms with van der Waals surface area (Å²) in [5.74, 6) is 0.0226. The molecule has 134 valence electrons. The van der Waals surface area contributed by atoms with E-state index in [0.717, 1.165) is 30.8 Å². The van der Waals surface area contributed by atoms with Crippen LogP contribution in [0.4, 0.5) is 17.1 Å². The number of para-hydroxylation sites is 2. The van der Waals surface area contributed by atoms with Gasteiger partial charge in [-0.15, -0.1) is 0 Å². The molecular formula is C23H21N3O. The predicted molar refractivity (Wildman–Crippen MR) is 108 cm³/mol. The summed E-state index contributed by atoms with van der Waals surface area (Å²) in [6.07, 6.45) is 5.45. The van der Waals surface area contributed by atoms with E-state index < -0.39 is 0 Å². The predicted octanol–water partition coefficient (Wildman–Crippen LogP) is 4.37. The molecule has 1 unspecified atom stereocenters. The first-order chi connectivity index (χ1) is 13.2. The lowest BCUT2D eigenvalue weighted by molar-refractivity contribution is 0.0989. The number of aromatic nitrogens is 1. The average molecular weight is 355 g/mol. The molecule has 3 heterocycles. The summed E-state index contributed by atoms with van der Waals surface area (Å²) in [6.45, 7) is 2.94. The largest absolute Gasteiger partial charge is 0.337 e. The van der Waals surface area contributed by atoms with Crippen LogP contribution in [0.1, 0.15) is 28.4 Å². The van der Waals surface area contributed by atoms with Crippen LogP contribution in [0.5, 0.6) is 0 Å². The van der Waals surface area contributed by atoms with Crippen LogP contribution in [0.2, 0.25) is 0 Å². The Hall–Kier alpha value is -3.14. The lowest BCUT2D eigenvalue weighted by atomic mass is 10.1. The summed E-state index contributed by atoms with van der Waals surface area (Å²) in [7, 11) is 0. The molecule has 0 aliphatic carbocycles. The second kappa shape index (κ2) is 6.23. The Balaban J connectivity index is 1.49. The molecule has 5 rings (SSSR count). The second-order valence-electron chi connectivity index (χ2n) is 7.32. The Morgan fingerprint density at radius 1 is 1.00 bits per heavy atom. The first kappa shape index (κ1) is 16.1. The highest BCUT2D eigenvalue weighted by Gasteiger charge is 2.29. The van der Waals surface area contributed by atoms with Crippen molar-refractivity contribution in [1.82, 2.24) is 4.98 Å². The summed E-state index contributed by atoms with van der Waals surface area (Å²) < 4.78 is 0. The summed E-state index contributed by atoms with van der Waals surface area (Å²) >= 11 is 0. The molecule has 0 spiro atoms. The standard InChI is InChI=1S/C23H21N3O/c1-16-12-18-7-3-5-9-22(18)26(16)20-13-19(14-24-15-20)23(27)25-11-10-17-6-2-4-8-21(17)25/h2-9,13-16H,10-12H2,1H3. The highest BCUT2D eigenvalue weighted by Crippen LogP contribution is 2.38. The third-order valence-corrected chi connectivity index (χ3v) is 5.59. The number of carbonyl (C=O) groups excluding carboxylic acids is 1. The van der Waals surface area contributed by atoms with E-state index in [1.807, 2.05) is 35.4 Å². The maximum absolute atomic E-state index is 13.2. The number of nitrogens with zero attached hydrogens (tertiary/aromatic N) is 3. The second-order valence-corrected chi connectivity index (χ2v) is 7.32. The number of fused-ring (bicyclic) bond motifs is 2. The van der Waals surface area contributed by atoms with E-state index in [1.165, 1.54) is 16.8 Å². The first-order valence-corrected chi connectivity index (χ1v) is 9.44. The third-order valence-electron chi connectivity index (χ3n) is 5.59. The molecule has 1 amide bonds. The van der Waals surface area contributed by atoms with Gasteiger partial charge in [-0.05, 0) is 49.1 Å². The highest BCUT2D eigenvalue weighted by molar-refractivity contribution is 6.07. The lowest BCUT2D eigenvalue weighted by Gasteiger charge is -2.25. The molecule has 0 N–H and O–H groups in total. The van der Waals surface area contributed by atoms with Crippen molar-refractivity contribution in [3.8, 4) is 0 Å². The van der Waals surface area contributed by atoms with Crippen LogP contribution in [0.25, 0.3) is 0 Å². The van der Waals surface area contributed by atoms with E-state index in [4.69, 9.17) is 0 Å². The van der Waals surface area contributed by atoms with Crippen molar-refractivity contribution in [2.75, 3.05) is 16.3 Å². The van der Waals surface area contributed by atoms with Gasteiger partial charge >= 0.3 is 0 Å². The van der Waals surface area contributed by atoms with Gasteiger partial charge in [0.25, 0.3) is 5.91 Å². The Morgan fingerprint density at radius 3 is 2.59 bits per heavy atom. The van der Waals surface area contributed by atoms with Crippen molar-refractivity contribution in [3.05, 3.63) is 83.7 Å². The minimum Gasteiger partial charge on any atom is -0.337 e. The molecule has 0 fully saturated rings. The molecule has 0 saturated carbocycles. The zero-order valence-corrected chi connectivity index (χ0v) is 15.3. The van der Waals surface area contributed by atoms with Gasteiger partial charge in [-0.1, -0.05) is 36.4 Å². The normalized spacial score (nSPS) is 17.7. The van der Waals surface area contributed by atoms with E-state index in [1.54, 1.807) is 6.20 Å². The number of hydrogen-bond acceptors (Lipinski definition) is 3. The van der Waals surface area contributed by atoms with Crippen LogP contribution in [-0.2, 0) is 12.8 Å². The molecule has 4 heteroatoms. The van der Waals surface area contributed by atoms with Crippen LogP contribution in [0.3, 0.4) is 0 Å². The van der Waals surface area contributed by atoms with Crippen molar-refractivity contribution < 1.29 is 4.79 Å². The quantitative estimate of drug-likeness (QED) is 0.685. The molecule has 4 nitrogen and oxygen atoms in total. The average Bonchev–Trinajstić information content (AvgIpc) is 3.27. The fourth-order valence-electron chi connectivity index (χ4n) is 4.34. The van der Waals surface area contributed by atoms with Crippen molar-refractivity contribution in [2.24, 2.45) is 0 Å². The van der Waals surface area contributed by atoms with Crippen LogP contribution < -0.4 is 9.80 Å². The van der Waals surface area contributed by atoms with E-state index in [2.05, 4.69) is 47.1 Å². The third kappa shape index (κ3) is 2.60. The topological polar surface area (TPSA) is 36.4 Å². The molecule has 2 aromatic carbocycles. The summed E-state index contributed by atoms with van der Waals surface area (Å²) in [5, 5.41) is 0. The van der Waals surface area contributed by atoms with Crippen molar-refractivity contribution in [3.63, 3.8) is 0 Å². The van der Waals surface area contributed by atoms with Gasteiger partial charge in [-0.3, -0.25) is 9.78 Å². The number of benzene rings is 2. The van der Waals surface area contributed by atoms with E-state index in [0.29, 0.717) is 11.6 Å². The monoisotopic (exact) mass is 355 g/mol. The number of hydrogen-bond donors (Lipinski definition) is 0. The van der Waals surface area contributed by atoms with Gasteiger partial charge in [0.15, 0.2) is 0 Å². The highest BCUT2D eigenvalue weighted by atomic mass is 16.2. The number of amides is 1. The number of pyridine rings is 1. The number of anilines is 3. The Kier molecular flexibility index (Phi) is 3.71. The van der Waals surface area contributed by atoms with Crippen molar-refractivity contribution >= 4 is 23.0 Å². The molecule has 0 saturated heterocycles. The summed E-state index contributed by atoms with van der Waals surface area (Å²) in [4.78, 5) is 21.7. The minimum atomic E-state index is 0.0226. The van der Waals surface area contributed by atoms with Gasteiger partial charge in [0, 0.05) is 30.2 Å². The van der Waals surface area contributed by atoms with Gasteiger partial charge in [-0.25, -0.2) is 0 Å². The maximum atomic E-state index is 13.2. The molecule has 2 aliphatic heterocycles. The lowest BCUT2D eigenvalue weighted by Crippen LogP contribution is -2.29. The first-order valence-electron chi connectivity index (χ1n) is 9.44. The summed E-state index contributed by atoms with van der Waals surface area (Å²) in [6, 6.07) is 18.9. The minimum absolute atomic E-state index is 0.0226. The Labute approximate surface area is 159 Å². The molecule has 27 heavy (non-hydrogen) atoms. The van der Waals surface area contributed by atoms with Crippen molar-refractivity contribution in [1.29, 1.82) is 0 Å². The van der Waals surface area contributed by atoms with Gasteiger partial charge in [-0.2, -0.15) is 0 Å². The van der Waals surface area contributed by atoms with E-state index in [-0.39, 0.29) is 5.91 Å². The van der Waals surface area contributed by atoms with Gasteiger partial charge in [0.2, 0.25) is 0 Å². The van der Waals surface area contributed by atoms with Gasteiger partial charge < -0.3 is 9.80 Å². The van der Waals surface area contributed by atoms with E-state index in [9.17, 15) is 4.79 Å². The SMILES string of the molecule is CC1Cc2ccccc2N1c1cncc(C(=O)N2CCc3ccccc32)c1. The van der Waals surface area contributed by atoms with Gasteiger partial charge in [0.1, 0.15) is 0 Å². The fourth-order valence-corrected chi connectivity index (χ4v) is 4.34. The molecule has 1 aromatic heterocycles. The van der Waals surface area contributed by atoms with Gasteiger partial charge in [0.05, 0.1) is 17.4 Å². The summed E-state index contributed by atoms with van der Waals surface area (Å²) in [5.41, 5.74) is 6.43. The molecule has 0 radical (unpaired) electrons. The van der Waals surface area contributed by atoms with Crippen LogP contribution in [-0.4, -0.2) is 23.5 Å². The molecule has 0 bridgehead atoms. The molecule has 1 atom stereocenters. The van der Waals surface area contributed by atoms with Crippen LogP contribution in [0.15, 0.2) is 67.0 Å². The van der Waals surface area contributed by atoms with Crippen LogP contribution >= 0.6 is 0 Å². The van der Waals surface area contributed by atoms with Crippen molar-refractivity contribution in [2.45, 2.75) is 25.8 Å². The Bertz CT molecular complexity index is 1030. The Morgan fingerprint density at radius 2 is 1.74 bits per heavy atom. The smallest absolute Gasteiger partial charge is 0.259 e. The molecule has 2 aliphatic rings.